The molecule has 1 aromatic rings. The Bertz CT molecular complexity index is 404. The molecule has 2 unspecified atom stereocenters. The largest absolute Gasteiger partial charge is 0.393 e. The van der Waals surface area contributed by atoms with Crippen LogP contribution in [0.3, 0.4) is 0 Å². The van der Waals surface area contributed by atoms with Crippen LogP contribution in [-0.4, -0.2) is 33.4 Å². The predicted molar refractivity (Wildman–Crippen MR) is 69.4 cm³/mol. The van der Waals surface area contributed by atoms with Gasteiger partial charge in [-0.3, -0.25) is 4.98 Å². The van der Waals surface area contributed by atoms with E-state index in [9.17, 15) is 10.2 Å². The van der Waals surface area contributed by atoms with E-state index in [1.165, 1.54) is 12.8 Å². The van der Waals surface area contributed by atoms with Gasteiger partial charge in [-0.1, -0.05) is 0 Å². The average molecular weight is 248 g/mol. The van der Waals surface area contributed by atoms with Gasteiger partial charge in [-0.15, -0.1) is 0 Å². The molecule has 1 aromatic heterocycles. The summed E-state index contributed by atoms with van der Waals surface area (Å²) in [5.41, 5.74) is 1.84. The summed E-state index contributed by atoms with van der Waals surface area (Å²) in [6.07, 6.45) is 5.27. The Hall–Kier alpha value is -1.13. The minimum atomic E-state index is -0.515. The highest BCUT2D eigenvalue weighted by molar-refractivity contribution is 5.49. The van der Waals surface area contributed by atoms with Crippen molar-refractivity contribution in [2.75, 3.05) is 4.90 Å². The van der Waals surface area contributed by atoms with E-state index < -0.39 is 6.10 Å². The van der Waals surface area contributed by atoms with E-state index >= 15 is 0 Å². The third-order valence-corrected chi connectivity index (χ3v) is 4.21. The topological polar surface area (TPSA) is 56.6 Å². The van der Waals surface area contributed by atoms with Crippen LogP contribution in [0, 0.1) is 0 Å². The molecule has 18 heavy (non-hydrogen) atoms. The number of anilines is 1. The molecule has 2 aliphatic heterocycles. The number of nitrogens with zero attached hydrogens (tertiary/aromatic N) is 2. The number of aliphatic hydroxyl groups is 2. The summed E-state index contributed by atoms with van der Waals surface area (Å²) in [6.45, 7) is 1.73. The maximum absolute atomic E-state index is 9.80. The molecule has 2 N–H and O–H groups in total. The van der Waals surface area contributed by atoms with Crippen LogP contribution < -0.4 is 4.90 Å². The number of pyridine rings is 1. The summed E-state index contributed by atoms with van der Waals surface area (Å²) >= 11 is 0. The summed E-state index contributed by atoms with van der Waals surface area (Å²) in [5.74, 6) is 0. The van der Waals surface area contributed by atoms with Crippen LogP contribution in [0.4, 0.5) is 5.69 Å². The zero-order valence-corrected chi connectivity index (χ0v) is 10.7. The molecule has 0 aromatic carbocycles. The van der Waals surface area contributed by atoms with Crippen LogP contribution in [0.25, 0.3) is 0 Å². The van der Waals surface area contributed by atoms with Gasteiger partial charge < -0.3 is 15.1 Å². The van der Waals surface area contributed by atoms with E-state index in [1.807, 2.05) is 18.3 Å². The number of aliphatic hydroxyl groups excluding tert-OH is 2. The maximum atomic E-state index is 9.80. The fourth-order valence-electron chi connectivity index (χ4n) is 3.37. The molecule has 2 aliphatic rings. The number of piperidine rings is 1. The molecular weight excluding hydrogens is 228 g/mol. The van der Waals surface area contributed by atoms with E-state index in [-0.39, 0.29) is 6.10 Å². The molecule has 2 saturated heterocycles. The standard InChI is InChI=1S/C14H20N2O2/c1-9(17)14-5-4-12(8-15-14)16-10-2-3-11(16)7-13(18)6-10/h4-5,8-11,13,17-18H,2-3,6-7H2,1H3/t9-,10?,11?,13?/m1/s1. The molecule has 0 amide bonds. The van der Waals surface area contributed by atoms with Crippen molar-refractivity contribution in [1.82, 2.24) is 4.98 Å². The van der Waals surface area contributed by atoms with Crippen molar-refractivity contribution in [3.8, 4) is 0 Å². The third-order valence-electron chi connectivity index (χ3n) is 4.21. The lowest BCUT2D eigenvalue weighted by molar-refractivity contribution is 0.126. The lowest BCUT2D eigenvalue weighted by Gasteiger charge is -2.38. The van der Waals surface area contributed by atoms with Gasteiger partial charge in [-0.25, -0.2) is 0 Å². The first-order valence-electron chi connectivity index (χ1n) is 6.75. The van der Waals surface area contributed by atoms with Crippen LogP contribution in [0.5, 0.6) is 0 Å². The zero-order valence-electron chi connectivity index (χ0n) is 10.7. The van der Waals surface area contributed by atoms with Gasteiger partial charge in [0.05, 0.1) is 29.8 Å². The smallest absolute Gasteiger partial charge is 0.0931 e. The molecule has 98 valence electrons. The number of fused-ring (bicyclic) bond motifs is 2. The molecule has 2 bridgehead atoms. The summed E-state index contributed by atoms with van der Waals surface area (Å²) < 4.78 is 0. The van der Waals surface area contributed by atoms with Crippen molar-refractivity contribution in [3.05, 3.63) is 24.0 Å². The Balaban J connectivity index is 1.83. The Labute approximate surface area is 107 Å². The number of hydrogen-bond donors (Lipinski definition) is 2. The van der Waals surface area contributed by atoms with Crippen molar-refractivity contribution in [2.45, 2.75) is 56.9 Å². The second-order valence-corrected chi connectivity index (χ2v) is 5.53. The van der Waals surface area contributed by atoms with Gasteiger partial charge in [-0.2, -0.15) is 0 Å². The van der Waals surface area contributed by atoms with Crippen LogP contribution >= 0.6 is 0 Å². The number of aromatic nitrogens is 1. The molecule has 0 saturated carbocycles. The summed E-state index contributed by atoms with van der Waals surface area (Å²) in [4.78, 5) is 6.72. The monoisotopic (exact) mass is 248 g/mol. The van der Waals surface area contributed by atoms with E-state index in [0.29, 0.717) is 17.8 Å². The molecule has 0 spiro atoms. The summed E-state index contributed by atoms with van der Waals surface area (Å²) in [7, 11) is 0. The fraction of sp³-hybridized carbons (Fsp3) is 0.643. The first-order valence-corrected chi connectivity index (χ1v) is 6.75. The molecule has 4 nitrogen and oxygen atoms in total. The zero-order chi connectivity index (χ0) is 12.7. The molecule has 0 aliphatic carbocycles. The lowest BCUT2D eigenvalue weighted by Crippen LogP contribution is -2.44. The van der Waals surface area contributed by atoms with Gasteiger partial charge in [0.1, 0.15) is 0 Å². The first kappa shape index (κ1) is 11.9. The van der Waals surface area contributed by atoms with Crippen molar-refractivity contribution in [1.29, 1.82) is 0 Å². The highest BCUT2D eigenvalue weighted by Gasteiger charge is 2.40. The normalized spacial score (nSPS) is 32.6. The van der Waals surface area contributed by atoms with Crippen LogP contribution in [-0.2, 0) is 0 Å². The Morgan fingerprint density at radius 1 is 1.28 bits per heavy atom. The second kappa shape index (κ2) is 4.52. The molecule has 3 rings (SSSR count). The Kier molecular flexibility index (Phi) is 2.99. The van der Waals surface area contributed by atoms with Gasteiger partial charge in [0.25, 0.3) is 0 Å². The van der Waals surface area contributed by atoms with Crippen molar-refractivity contribution < 1.29 is 10.2 Å². The van der Waals surface area contributed by atoms with Crippen molar-refractivity contribution in [2.24, 2.45) is 0 Å². The van der Waals surface area contributed by atoms with Gasteiger partial charge in [0.15, 0.2) is 0 Å². The van der Waals surface area contributed by atoms with E-state index in [1.54, 1.807) is 6.92 Å². The minimum Gasteiger partial charge on any atom is -0.393 e. The Morgan fingerprint density at radius 3 is 2.44 bits per heavy atom. The summed E-state index contributed by atoms with van der Waals surface area (Å²) in [5, 5.41) is 19.3. The predicted octanol–water partition coefficient (Wildman–Crippen LogP) is 1.63. The van der Waals surface area contributed by atoms with E-state index in [0.717, 1.165) is 18.5 Å². The van der Waals surface area contributed by atoms with Gasteiger partial charge in [0.2, 0.25) is 0 Å². The highest BCUT2D eigenvalue weighted by Crippen LogP contribution is 2.39. The highest BCUT2D eigenvalue weighted by atomic mass is 16.3. The van der Waals surface area contributed by atoms with E-state index in [2.05, 4.69) is 9.88 Å². The van der Waals surface area contributed by atoms with Crippen LogP contribution in [0.2, 0.25) is 0 Å². The lowest BCUT2D eigenvalue weighted by atomic mass is 9.99. The Morgan fingerprint density at radius 2 is 1.94 bits per heavy atom. The second-order valence-electron chi connectivity index (χ2n) is 5.53. The van der Waals surface area contributed by atoms with Gasteiger partial charge in [0, 0.05) is 12.1 Å². The van der Waals surface area contributed by atoms with Crippen molar-refractivity contribution >= 4 is 5.69 Å². The van der Waals surface area contributed by atoms with Crippen molar-refractivity contribution in [3.63, 3.8) is 0 Å². The fourth-order valence-corrected chi connectivity index (χ4v) is 3.37. The summed E-state index contributed by atoms with van der Waals surface area (Å²) in [6, 6.07) is 4.85. The average Bonchev–Trinajstić information content (AvgIpc) is 2.62. The van der Waals surface area contributed by atoms with Gasteiger partial charge >= 0.3 is 0 Å². The van der Waals surface area contributed by atoms with E-state index in [4.69, 9.17) is 0 Å². The number of hydrogen-bond acceptors (Lipinski definition) is 4. The van der Waals surface area contributed by atoms with Gasteiger partial charge in [-0.05, 0) is 44.7 Å². The van der Waals surface area contributed by atoms with Crippen LogP contribution in [0.15, 0.2) is 18.3 Å². The maximum Gasteiger partial charge on any atom is 0.0931 e. The molecule has 3 atom stereocenters. The first-order chi connectivity index (χ1) is 8.65. The molecule has 4 heteroatoms. The minimum absolute atomic E-state index is 0.136. The molecule has 0 radical (unpaired) electrons. The van der Waals surface area contributed by atoms with Crippen LogP contribution in [0.1, 0.15) is 44.4 Å². The third kappa shape index (κ3) is 1.99. The molecule has 3 heterocycles. The quantitative estimate of drug-likeness (QED) is 0.835. The molecular formula is C14H20N2O2. The molecule has 2 fully saturated rings. The number of rotatable bonds is 2. The SMILES string of the molecule is C[C@@H](O)c1ccc(N2C3CCC2CC(O)C3)cn1.